The summed E-state index contributed by atoms with van der Waals surface area (Å²) >= 11 is 0. The fourth-order valence-electron chi connectivity index (χ4n) is 3.28. The molecule has 0 aromatic heterocycles. The number of hydrogen-bond acceptors (Lipinski definition) is 4. The van der Waals surface area contributed by atoms with Gasteiger partial charge in [0, 0.05) is 33.1 Å². The first-order valence-corrected chi connectivity index (χ1v) is 10.1. The molecule has 28 heavy (non-hydrogen) atoms. The van der Waals surface area contributed by atoms with Crippen molar-refractivity contribution >= 4 is 11.9 Å². The van der Waals surface area contributed by atoms with Gasteiger partial charge >= 0.3 is 0 Å². The van der Waals surface area contributed by atoms with Crippen molar-refractivity contribution in [2.24, 2.45) is 10.9 Å². The lowest BCUT2D eigenvalue weighted by molar-refractivity contribution is -0.121. The van der Waals surface area contributed by atoms with E-state index in [-0.39, 0.29) is 19.1 Å². The third-order valence-corrected chi connectivity index (χ3v) is 4.89. The number of guanidine groups is 1. The van der Waals surface area contributed by atoms with Gasteiger partial charge in [0.2, 0.25) is 5.91 Å². The SMILES string of the molecule is CCNC(=NCC(O)COc1cccc(C)c1)N1CCC(CC(=O)NC)CC1. The number of aliphatic hydroxyl groups excluding tert-OH is 1. The number of aliphatic imine (C=N–C) groups is 1. The van der Waals surface area contributed by atoms with Crippen LogP contribution < -0.4 is 15.4 Å². The number of piperidine rings is 1. The lowest BCUT2D eigenvalue weighted by Gasteiger charge is -2.34. The minimum absolute atomic E-state index is 0.107. The summed E-state index contributed by atoms with van der Waals surface area (Å²) in [4.78, 5) is 18.4. The molecule has 7 heteroatoms. The average molecular weight is 391 g/mol. The van der Waals surface area contributed by atoms with E-state index in [9.17, 15) is 9.90 Å². The van der Waals surface area contributed by atoms with E-state index < -0.39 is 6.10 Å². The topological polar surface area (TPSA) is 86.2 Å². The van der Waals surface area contributed by atoms with Crippen LogP contribution in [0, 0.1) is 12.8 Å². The van der Waals surface area contributed by atoms with Gasteiger partial charge in [-0.2, -0.15) is 0 Å². The maximum Gasteiger partial charge on any atom is 0.220 e. The van der Waals surface area contributed by atoms with Gasteiger partial charge < -0.3 is 25.4 Å². The van der Waals surface area contributed by atoms with Crippen LogP contribution in [0.4, 0.5) is 0 Å². The molecule has 7 nitrogen and oxygen atoms in total. The van der Waals surface area contributed by atoms with Crippen LogP contribution in [0.2, 0.25) is 0 Å². The monoisotopic (exact) mass is 390 g/mol. The highest BCUT2D eigenvalue weighted by atomic mass is 16.5. The van der Waals surface area contributed by atoms with E-state index in [1.165, 1.54) is 0 Å². The number of benzene rings is 1. The van der Waals surface area contributed by atoms with Crippen molar-refractivity contribution in [1.29, 1.82) is 0 Å². The Kier molecular flexibility index (Phi) is 9.07. The number of aliphatic hydroxyl groups is 1. The van der Waals surface area contributed by atoms with Crippen LogP contribution in [-0.4, -0.2) is 67.8 Å². The van der Waals surface area contributed by atoms with Crippen molar-refractivity contribution in [3.05, 3.63) is 29.8 Å². The lowest BCUT2D eigenvalue weighted by atomic mass is 9.93. The minimum atomic E-state index is -0.667. The van der Waals surface area contributed by atoms with Gasteiger partial charge in [0.05, 0.1) is 6.54 Å². The van der Waals surface area contributed by atoms with E-state index in [1.807, 2.05) is 38.1 Å². The Morgan fingerprint density at radius 3 is 2.79 bits per heavy atom. The molecule has 0 radical (unpaired) electrons. The Morgan fingerprint density at radius 1 is 1.39 bits per heavy atom. The molecular weight excluding hydrogens is 356 g/mol. The number of hydrogen-bond donors (Lipinski definition) is 3. The van der Waals surface area contributed by atoms with Crippen molar-refractivity contribution in [2.75, 3.05) is 39.8 Å². The molecular formula is C21H34N4O3. The fraction of sp³-hybridized carbons (Fsp3) is 0.619. The summed E-state index contributed by atoms with van der Waals surface area (Å²) in [5, 5.41) is 16.2. The maximum absolute atomic E-state index is 11.6. The predicted octanol–water partition coefficient (Wildman–Crippen LogP) is 1.55. The summed E-state index contributed by atoms with van der Waals surface area (Å²) in [6.07, 6.45) is 1.86. The number of carbonyl (C=O) groups is 1. The Balaban J connectivity index is 1.82. The average Bonchev–Trinajstić information content (AvgIpc) is 2.70. The van der Waals surface area contributed by atoms with Crippen LogP contribution in [0.1, 0.15) is 31.7 Å². The second-order valence-corrected chi connectivity index (χ2v) is 7.28. The zero-order valence-electron chi connectivity index (χ0n) is 17.3. The number of nitrogens with one attached hydrogen (secondary N) is 2. The van der Waals surface area contributed by atoms with E-state index in [0.29, 0.717) is 12.3 Å². The number of ether oxygens (including phenoxy) is 1. The Hall–Kier alpha value is -2.28. The van der Waals surface area contributed by atoms with Crippen molar-refractivity contribution in [3.63, 3.8) is 0 Å². The molecule has 1 heterocycles. The lowest BCUT2D eigenvalue weighted by Crippen LogP contribution is -2.46. The molecule has 2 rings (SSSR count). The number of rotatable bonds is 8. The zero-order valence-corrected chi connectivity index (χ0v) is 17.3. The normalized spacial score (nSPS) is 16.6. The first-order chi connectivity index (χ1) is 13.5. The van der Waals surface area contributed by atoms with Gasteiger partial charge in [-0.25, -0.2) is 0 Å². The van der Waals surface area contributed by atoms with Crippen LogP contribution in [0.25, 0.3) is 0 Å². The first kappa shape index (κ1) is 22.0. The summed E-state index contributed by atoms with van der Waals surface area (Å²) in [7, 11) is 1.68. The van der Waals surface area contributed by atoms with Crippen molar-refractivity contribution in [2.45, 2.75) is 39.2 Å². The van der Waals surface area contributed by atoms with Gasteiger partial charge in [-0.3, -0.25) is 9.79 Å². The third kappa shape index (κ3) is 7.38. The Labute approximate surface area is 168 Å². The highest BCUT2D eigenvalue weighted by Gasteiger charge is 2.23. The van der Waals surface area contributed by atoms with Crippen LogP contribution in [-0.2, 0) is 4.79 Å². The van der Waals surface area contributed by atoms with E-state index >= 15 is 0 Å². The standard InChI is InChI=1S/C21H34N4O3/c1-4-23-21(25-10-8-17(9-11-25)13-20(27)22-3)24-14-18(26)15-28-19-7-5-6-16(2)12-19/h5-7,12,17-18,26H,4,8-11,13-15H2,1-3H3,(H,22,27)(H,23,24). The highest BCUT2D eigenvalue weighted by Crippen LogP contribution is 2.20. The zero-order chi connectivity index (χ0) is 20.4. The Morgan fingerprint density at radius 2 is 2.14 bits per heavy atom. The van der Waals surface area contributed by atoms with Gasteiger partial charge in [-0.05, 0) is 50.3 Å². The molecule has 1 fully saturated rings. The van der Waals surface area contributed by atoms with Crippen molar-refractivity contribution in [1.82, 2.24) is 15.5 Å². The Bertz CT molecular complexity index is 642. The number of carbonyl (C=O) groups excluding carboxylic acids is 1. The van der Waals surface area contributed by atoms with Gasteiger partial charge in [0.25, 0.3) is 0 Å². The van der Waals surface area contributed by atoms with Crippen LogP contribution >= 0.6 is 0 Å². The molecule has 1 aromatic carbocycles. The second-order valence-electron chi connectivity index (χ2n) is 7.28. The molecule has 0 aliphatic carbocycles. The molecule has 3 N–H and O–H groups in total. The molecule has 0 bridgehead atoms. The number of aryl methyl sites for hydroxylation is 1. The molecule has 0 spiro atoms. The van der Waals surface area contributed by atoms with E-state index in [4.69, 9.17) is 4.74 Å². The summed E-state index contributed by atoms with van der Waals surface area (Å²) in [5.41, 5.74) is 1.12. The smallest absolute Gasteiger partial charge is 0.220 e. The van der Waals surface area contributed by atoms with Crippen molar-refractivity contribution in [3.8, 4) is 5.75 Å². The molecule has 1 aliphatic heterocycles. The van der Waals surface area contributed by atoms with Gasteiger partial charge in [0.1, 0.15) is 18.5 Å². The van der Waals surface area contributed by atoms with Gasteiger partial charge in [0.15, 0.2) is 5.96 Å². The molecule has 1 saturated heterocycles. The van der Waals surface area contributed by atoms with Crippen LogP contribution in [0.3, 0.4) is 0 Å². The highest BCUT2D eigenvalue weighted by molar-refractivity contribution is 5.80. The molecule has 156 valence electrons. The summed E-state index contributed by atoms with van der Waals surface area (Å²) in [5.74, 6) is 2.10. The van der Waals surface area contributed by atoms with Gasteiger partial charge in [-0.1, -0.05) is 12.1 Å². The molecule has 0 saturated carbocycles. The molecule has 1 atom stereocenters. The molecule has 1 unspecified atom stereocenters. The van der Waals surface area contributed by atoms with Crippen LogP contribution in [0.5, 0.6) is 5.75 Å². The maximum atomic E-state index is 11.6. The quantitative estimate of drug-likeness (QED) is 0.463. The second kappa shape index (κ2) is 11.5. The molecule has 1 aromatic rings. The molecule has 1 aliphatic rings. The largest absolute Gasteiger partial charge is 0.491 e. The van der Waals surface area contributed by atoms with Gasteiger partial charge in [-0.15, -0.1) is 0 Å². The summed E-state index contributed by atoms with van der Waals surface area (Å²) in [6, 6.07) is 7.78. The minimum Gasteiger partial charge on any atom is -0.491 e. The predicted molar refractivity (Wildman–Crippen MR) is 112 cm³/mol. The van der Waals surface area contributed by atoms with Crippen molar-refractivity contribution < 1.29 is 14.6 Å². The van der Waals surface area contributed by atoms with Crippen LogP contribution in [0.15, 0.2) is 29.3 Å². The number of amides is 1. The molecule has 1 amide bonds. The third-order valence-electron chi connectivity index (χ3n) is 4.89. The summed E-state index contributed by atoms with van der Waals surface area (Å²) in [6.45, 7) is 7.03. The van der Waals surface area contributed by atoms with E-state index in [1.54, 1.807) is 7.05 Å². The summed E-state index contributed by atoms with van der Waals surface area (Å²) < 4.78 is 5.66. The van der Waals surface area contributed by atoms with E-state index in [2.05, 4.69) is 20.5 Å². The fourth-order valence-corrected chi connectivity index (χ4v) is 3.28. The first-order valence-electron chi connectivity index (χ1n) is 10.1. The number of nitrogens with zero attached hydrogens (tertiary/aromatic N) is 2. The number of likely N-dealkylation sites (tertiary alicyclic amines) is 1. The van der Waals surface area contributed by atoms with E-state index in [0.717, 1.165) is 49.7 Å².